The third-order valence-electron chi connectivity index (χ3n) is 12.7. The van der Waals surface area contributed by atoms with Gasteiger partial charge in [-0.05, 0) is 126 Å². The van der Waals surface area contributed by atoms with Crippen LogP contribution in [0.2, 0.25) is 0 Å². The van der Waals surface area contributed by atoms with E-state index in [0.717, 1.165) is 90.0 Å². The number of fused-ring (bicyclic) bond motifs is 7. The van der Waals surface area contributed by atoms with E-state index < -0.39 is 0 Å². The van der Waals surface area contributed by atoms with Crippen LogP contribution in [0.4, 0.5) is 28.4 Å². The van der Waals surface area contributed by atoms with Gasteiger partial charge in [0.25, 0.3) is 0 Å². The molecule has 0 bridgehead atoms. The summed E-state index contributed by atoms with van der Waals surface area (Å²) in [6, 6.07) is 80.3. The maximum absolute atomic E-state index is 6.75. The molecule has 2 aromatic heterocycles. The largest absolute Gasteiger partial charge is 0.455 e. The van der Waals surface area contributed by atoms with Gasteiger partial charge in [0, 0.05) is 61.9 Å². The minimum Gasteiger partial charge on any atom is -0.455 e. The Hall–Kier alpha value is -8.34. The molecule has 1 aliphatic rings. The molecule has 0 spiro atoms. The molecule has 0 amide bonds. The highest BCUT2D eigenvalue weighted by atomic mass is 16.3. The average Bonchev–Trinajstić information content (AvgIpc) is 3.92. The standard InChI is InChI=1S/C60H43N3O/c1-5-15-42(16-6-1)44-25-29-48(30-26-44)61(46-19-9-3-10-20-46)50-33-35-51(36-34-50)63-56-40-39-54-53-23-13-14-24-58(53)64-60(54)59(56)55-38-37-52(41-57(55)63)62(47-21-11-4-12-22-47)49-31-27-45(28-32-49)43-17-7-2-8-18-43/h1-25,27-41,44H,26H2. The summed E-state index contributed by atoms with van der Waals surface area (Å²) in [5.41, 5.74) is 15.4. The number of hydrogen-bond donors (Lipinski definition) is 0. The van der Waals surface area contributed by atoms with Crippen molar-refractivity contribution in [2.75, 3.05) is 9.80 Å². The van der Waals surface area contributed by atoms with Crippen LogP contribution in [0.15, 0.2) is 253 Å². The Balaban J connectivity index is 1.01. The van der Waals surface area contributed by atoms with E-state index in [4.69, 9.17) is 4.42 Å². The van der Waals surface area contributed by atoms with E-state index in [0.29, 0.717) is 5.92 Å². The van der Waals surface area contributed by atoms with Gasteiger partial charge in [-0.1, -0.05) is 140 Å². The van der Waals surface area contributed by atoms with Gasteiger partial charge in [-0.25, -0.2) is 0 Å². The lowest BCUT2D eigenvalue weighted by Crippen LogP contribution is -2.17. The molecular weight excluding hydrogens is 779 g/mol. The fraction of sp³-hybridized carbons (Fsp3) is 0.0333. The Morgan fingerprint density at radius 3 is 1.70 bits per heavy atom. The monoisotopic (exact) mass is 821 g/mol. The number of benzene rings is 9. The summed E-state index contributed by atoms with van der Waals surface area (Å²) in [6.07, 6.45) is 7.94. The molecule has 2 heterocycles. The zero-order chi connectivity index (χ0) is 42.4. The molecule has 1 atom stereocenters. The zero-order valence-corrected chi connectivity index (χ0v) is 35.1. The van der Waals surface area contributed by atoms with Crippen LogP contribution in [-0.4, -0.2) is 4.57 Å². The van der Waals surface area contributed by atoms with Crippen LogP contribution in [0.25, 0.3) is 60.6 Å². The zero-order valence-electron chi connectivity index (χ0n) is 35.1. The first-order valence-corrected chi connectivity index (χ1v) is 22.0. The van der Waals surface area contributed by atoms with Crippen molar-refractivity contribution in [1.29, 1.82) is 0 Å². The molecule has 12 rings (SSSR count). The van der Waals surface area contributed by atoms with Crippen molar-refractivity contribution in [3.8, 4) is 16.8 Å². The molecular formula is C60H43N3O. The lowest BCUT2D eigenvalue weighted by Gasteiger charge is -2.29. The van der Waals surface area contributed by atoms with Gasteiger partial charge in [0.1, 0.15) is 11.2 Å². The highest BCUT2D eigenvalue weighted by molar-refractivity contribution is 6.24. The van der Waals surface area contributed by atoms with Gasteiger partial charge in [-0.15, -0.1) is 0 Å². The molecule has 0 N–H and O–H groups in total. The van der Waals surface area contributed by atoms with Crippen LogP contribution in [0.3, 0.4) is 0 Å². The summed E-state index contributed by atoms with van der Waals surface area (Å²) in [4.78, 5) is 4.71. The molecule has 0 saturated carbocycles. The van der Waals surface area contributed by atoms with Crippen LogP contribution >= 0.6 is 0 Å². The van der Waals surface area contributed by atoms with Gasteiger partial charge in [0.15, 0.2) is 0 Å². The Kier molecular flexibility index (Phi) is 9.27. The quantitative estimate of drug-likeness (QED) is 0.145. The van der Waals surface area contributed by atoms with Crippen molar-refractivity contribution in [1.82, 2.24) is 4.57 Å². The number of anilines is 5. The van der Waals surface area contributed by atoms with E-state index in [2.05, 4.69) is 251 Å². The van der Waals surface area contributed by atoms with Crippen LogP contribution < -0.4 is 9.80 Å². The second-order valence-corrected chi connectivity index (χ2v) is 16.5. The van der Waals surface area contributed by atoms with E-state index in [1.165, 1.54) is 16.7 Å². The number of rotatable bonds is 9. The SMILES string of the molecule is C1=CC(c2ccccc2)CC=C1N(c1ccccc1)c1ccc(-n2c3cc(N(c4ccccc4)c4ccc(-c5ccccc5)cc4)ccc3c3c4oc5ccccc5c4ccc32)cc1. The van der Waals surface area contributed by atoms with Gasteiger partial charge < -0.3 is 18.8 Å². The minimum absolute atomic E-state index is 0.356. The lowest BCUT2D eigenvalue weighted by molar-refractivity contribution is 0.673. The van der Waals surface area contributed by atoms with Gasteiger partial charge >= 0.3 is 0 Å². The summed E-state index contributed by atoms with van der Waals surface area (Å²) in [5, 5.41) is 4.48. The van der Waals surface area contributed by atoms with Crippen molar-refractivity contribution in [3.05, 3.63) is 254 Å². The summed E-state index contributed by atoms with van der Waals surface area (Å²) in [5.74, 6) is 0.356. The maximum atomic E-state index is 6.75. The van der Waals surface area contributed by atoms with Crippen molar-refractivity contribution in [2.45, 2.75) is 12.3 Å². The molecule has 304 valence electrons. The smallest absolute Gasteiger partial charge is 0.145 e. The van der Waals surface area contributed by atoms with Gasteiger partial charge in [0.05, 0.1) is 16.4 Å². The Morgan fingerprint density at radius 2 is 1.00 bits per heavy atom. The van der Waals surface area contributed by atoms with E-state index in [1.807, 2.05) is 6.07 Å². The number of hydrogen-bond acceptors (Lipinski definition) is 3. The Bertz CT molecular complexity index is 3500. The van der Waals surface area contributed by atoms with Crippen LogP contribution in [-0.2, 0) is 0 Å². The molecule has 0 aliphatic heterocycles. The number of aromatic nitrogens is 1. The fourth-order valence-corrected chi connectivity index (χ4v) is 9.64. The summed E-state index contributed by atoms with van der Waals surface area (Å²) in [6.45, 7) is 0. The second kappa shape index (κ2) is 15.8. The van der Waals surface area contributed by atoms with Gasteiger partial charge in [0.2, 0.25) is 0 Å². The molecule has 64 heavy (non-hydrogen) atoms. The normalized spacial score (nSPS) is 13.8. The first kappa shape index (κ1) is 37.4. The first-order valence-electron chi connectivity index (χ1n) is 22.0. The third-order valence-corrected chi connectivity index (χ3v) is 12.7. The van der Waals surface area contributed by atoms with Crippen LogP contribution in [0, 0.1) is 0 Å². The number of allylic oxidation sites excluding steroid dienone is 3. The summed E-state index contributed by atoms with van der Waals surface area (Å²) >= 11 is 0. The van der Waals surface area contributed by atoms with Crippen molar-refractivity contribution >= 4 is 72.2 Å². The molecule has 0 saturated heterocycles. The molecule has 11 aromatic rings. The predicted molar refractivity (Wildman–Crippen MR) is 268 cm³/mol. The summed E-state index contributed by atoms with van der Waals surface area (Å²) < 4.78 is 9.15. The predicted octanol–water partition coefficient (Wildman–Crippen LogP) is 16.6. The van der Waals surface area contributed by atoms with Crippen molar-refractivity contribution < 1.29 is 4.42 Å². The number of para-hydroxylation sites is 3. The van der Waals surface area contributed by atoms with Crippen LogP contribution in [0.5, 0.6) is 0 Å². The van der Waals surface area contributed by atoms with Crippen molar-refractivity contribution in [3.63, 3.8) is 0 Å². The topological polar surface area (TPSA) is 24.6 Å². The Labute approximate surface area is 372 Å². The maximum Gasteiger partial charge on any atom is 0.145 e. The van der Waals surface area contributed by atoms with Gasteiger partial charge in [-0.3, -0.25) is 0 Å². The second-order valence-electron chi connectivity index (χ2n) is 16.5. The van der Waals surface area contributed by atoms with E-state index >= 15 is 0 Å². The van der Waals surface area contributed by atoms with E-state index in [1.54, 1.807) is 0 Å². The van der Waals surface area contributed by atoms with Crippen LogP contribution in [0.1, 0.15) is 17.9 Å². The van der Waals surface area contributed by atoms with E-state index in [9.17, 15) is 0 Å². The van der Waals surface area contributed by atoms with E-state index in [-0.39, 0.29) is 0 Å². The molecule has 9 aromatic carbocycles. The fourth-order valence-electron chi connectivity index (χ4n) is 9.64. The highest BCUT2D eigenvalue weighted by Gasteiger charge is 2.23. The van der Waals surface area contributed by atoms with Gasteiger partial charge in [-0.2, -0.15) is 0 Å². The van der Waals surface area contributed by atoms with Crippen molar-refractivity contribution in [2.24, 2.45) is 0 Å². The molecule has 0 fully saturated rings. The third kappa shape index (κ3) is 6.56. The Morgan fingerprint density at radius 1 is 0.438 bits per heavy atom. The summed E-state index contributed by atoms with van der Waals surface area (Å²) in [7, 11) is 0. The molecule has 1 aliphatic carbocycles. The highest BCUT2D eigenvalue weighted by Crippen LogP contribution is 2.44. The molecule has 0 radical (unpaired) electrons. The lowest BCUT2D eigenvalue weighted by atomic mass is 9.91. The molecule has 4 nitrogen and oxygen atoms in total. The molecule has 4 heteroatoms. The first-order chi connectivity index (χ1) is 31.7. The number of nitrogens with zero attached hydrogens (tertiary/aromatic N) is 3. The number of furan rings is 1. The average molecular weight is 822 g/mol. The molecule has 1 unspecified atom stereocenters. The minimum atomic E-state index is 0.356.